The fourth-order valence-corrected chi connectivity index (χ4v) is 11.8. The Balaban J connectivity index is 0.00000528. The number of benzene rings is 10. The molecule has 2 aliphatic rings. The van der Waals surface area contributed by atoms with Crippen LogP contribution in [0.2, 0.25) is 0 Å². The molecular formula is C70H46N4OPt-2. The van der Waals surface area contributed by atoms with Gasteiger partial charge in [0.1, 0.15) is 5.82 Å². The maximum atomic E-state index is 6.76. The van der Waals surface area contributed by atoms with Crippen LogP contribution in [-0.4, -0.2) is 14.1 Å². The Morgan fingerprint density at radius 1 is 0.434 bits per heavy atom. The van der Waals surface area contributed by atoms with Gasteiger partial charge in [0, 0.05) is 44.3 Å². The fraction of sp³-hybridized carbons (Fsp3) is 0.0571. The van der Waals surface area contributed by atoms with E-state index in [-0.39, 0.29) is 26.5 Å². The predicted octanol–water partition coefficient (Wildman–Crippen LogP) is 17.2. The molecule has 4 heterocycles. The van der Waals surface area contributed by atoms with E-state index in [2.05, 4.69) is 253 Å². The third-order valence-electron chi connectivity index (χ3n) is 15.3. The van der Waals surface area contributed by atoms with Crippen molar-refractivity contribution in [1.29, 1.82) is 0 Å². The van der Waals surface area contributed by atoms with Gasteiger partial charge in [-0.05, 0) is 136 Å². The van der Waals surface area contributed by atoms with Crippen molar-refractivity contribution in [3.8, 4) is 107 Å². The Morgan fingerprint density at radius 2 is 0.934 bits per heavy atom. The van der Waals surface area contributed by atoms with Crippen molar-refractivity contribution in [2.24, 2.45) is 0 Å². The predicted molar refractivity (Wildman–Crippen MR) is 304 cm³/mol. The standard InChI is InChI=1S/C70H46N4O.Pt/c1-70(2,3)44-36-37-71-68(38-44)74-65-32-15-13-29-57(65)58-35-34-47(40-67(58)74)75-46-19-16-18-45(39-46)72-43-73-64-31-14-12-28-56(64)52-24-8-11-27-55(52)62-41-60-53-25-9-6-22-50(53)48-20-4-5-21-49(48)51-23-7-10-26-54(51)61(60)42-63(62)59-30-17-33-66(72)69(59)73;/h4-38,41-42H,1-3H3;/q-2;. The van der Waals surface area contributed by atoms with Gasteiger partial charge in [-0.3, -0.25) is 4.57 Å². The number of hydrogen-bond acceptors (Lipinski definition) is 2. The Bertz CT molecular complexity index is 4510. The fourth-order valence-electron chi connectivity index (χ4n) is 11.8. The average Bonchev–Trinajstić information content (AvgIpc) is 4.09. The van der Waals surface area contributed by atoms with E-state index < -0.39 is 0 Å². The minimum absolute atomic E-state index is 0. The molecule has 0 N–H and O–H groups in total. The van der Waals surface area contributed by atoms with Gasteiger partial charge in [0.25, 0.3) is 6.33 Å². The van der Waals surface area contributed by atoms with Crippen LogP contribution in [0.1, 0.15) is 26.3 Å². The van der Waals surface area contributed by atoms with Crippen LogP contribution in [-0.2, 0) is 26.5 Å². The second-order valence-corrected chi connectivity index (χ2v) is 20.7. The van der Waals surface area contributed by atoms with Crippen molar-refractivity contribution in [2.75, 3.05) is 0 Å². The van der Waals surface area contributed by atoms with Crippen LogP contribution >= 0.6 is 0 Å². The maximum Gasteiger partial charge on any atom is 0.268 e. The molecule has 0 unspecified atom stereocenters. The molecule has 364 valence electrons. The van der Waals surface area contributed by atoms with Gasteiger partial charge in [-0.2, -0.15) is 18.2 Å². The normalized spacial score (nSPS) is 12.0. The summed E-state index contributed by atoms with van der Waals surface area (Å²) in [5, 5.41) is 2.21. The van der Waals surface area contributed by atoms with Crippen LogP contribution in [0.4, 0.5) is 0 Å². The molecule has 1 aliphatic carbocycles. The quantitative estimate of drug-likeness (QED) is 0.130. The second-order valence-electron chi connectivity index (χ2n) is 20.7. The van der Waals surface area contributed by atoms with Gasteiger partial charge in [0.05, 0.1) is 16.7 Å². The molecule has 10 aromatic carbocycles. The molecule has 3 aromatic heterocycles. The summed E-state index contributed by atoms with van der Waals surface area (Å²) in [6.45, 7) is 6.69. The molecule has 0 radical (unpaired) electrons. The van der Waals surface area contributed by atoms with E-state index >= 15 is 0 Å². The zero-order valence-corrected chi connectivity index (χ0v) is 44.1. The topological polar surface area (TPSA) is 35.9 Å². The van der Waals surface area contributed by atoms with E-state index in [1.807, 2.05) is 24.4 Å². The van der Waals surface area contributed by atoms with E-state index in [1.54, 1.807) is 0 Å². The summed E-state index contributed by atoms with van der Waals surface area (Å²) >= 11 is 0. The van der Waals surface area contributed by atoms with Gasteiger partial charge in [-0.15, -0.1) is 29.7 Å². The van der Waals surface area contributed by atoms with Gasteiger partial charge in [-0.1, -0.05) is 178 Å². The molecule has 6 heteroatoms. The van der Waals surface area contributed by atoms with Gasteiger partial charge >= 0.3 is 0 Å². The number of para-hydroxylation sites is 3. The summed E-state index contributed by atoms with van der Waals surface area (Å²) in [6.07, 6.45) is 5.78. The van der Waals surface area contributed by atoms with Crippen molar-refractivity contribution < 1.29 is 30.4 Å². The molecular weight excluding hydrogens is 1110 g/mol. The summed E-state index contributed by atoms with van der Waals surface area (Å²) in [5.74, 6) is 1.99. The zero-order valence-electron chi connectivity index (χ0n) is 41.9. The van der Waals surface area contributed by atoms with Gasteiger partial charge in [0.15, 0.2) is 0 Å². The van der Waals surface area contributed by atoms with E-state index in [9.17, 15) is 0 Å². The maximum absolute atomic E-state index is 6.76. The number of fused-ring (bicyclic) bond motifs is 18. The third kappa shape index (κ3) is 7.10. The summed E-state index contributed by atoms with van der Waals surface area (Å²) < 4.78 is 13.3. The van der Waals surface area contributed by atoms with Gasteiger partial charge < -0.3 is 13.9 Å². The molecule has 0 spiro atoms. The number of pyridine rings is 1. The van der Waals surface area contributed by atoms with Crippen molar-refractivity contribution in [3.05, 3.63) is 249 Å². The molecule has 0 bridgehead atoms. The smallest absolute Gasteiger partial charge is 0.268 e. The van der Waals surface area contributed by atoms with Gasteiger partial charge in [-0.25, -0.2) is 4.98 Å². The van der Waals surface area contributed by atoms with Crippen molar-refractivity contribution in [2.45, 2.75) is 26.2 Å². The number of imidazole rings is 1. The van der Waals surface area contributed by atoms with E-state index in [1.165, 1.54) is 61.2 Å². The average molecular weight is 1150 g/mol. The van der Waals surface area contributed by atoms with Crippen LogP contribution < -0.4 is 9.30 Å². The molecule has 76 heavy (non-hydrogen) atoms. The van der Waals surface area contributed by atoms with E-state index in [0.717, 1.165) is 72.3 Å². The molecule has 0 fully saturated rings. The van der Waals surface area contributed by atoms with Crippen molar-refractivity contribution in [3.63, 3.8) is 0 Å². The monoisotopic (exact) mass is 1150 g/mol. The first kappa shape index (κ1) is 45.7. The minimum atomic E-state index is -0.0413. The first-order valence-corrected chi connectivity index (χ1v) is 25.6. The Hall–Kier alpha value is -8.89. The molecule has 0 saturated carbocycles. The summed E-state index contributed by atoms with van der Waals surface area (Å²) in [4.78, 5) is 4.89. The molecule has 5 nitrogen and oxygen atoms in total. The van der Waals surface area contributed by atoms with Crippen molar-refractivity contribution in [1.82, 2.24) is 14.1 Å². The largest absolute Gasteiger partial charge is 0.510 e. The van der Waals surface area contributed by atoms with Crippen LogP contribution in [0.25, 0.3) is 128 Å². The molecule has 13 aromatic rings. The van der Waals surface area contributed by atoms with Crippen LogP contribution in [0.5, 0.6) is 11.5 Å². The van der Waals surface area contributed by atoms with E-state index in [4.69, 9.17) is 9.72 Å². The summed E-state index contributed by atoms with van der Waals surface area (Å²) in [7, 11) is 0. The molecule has 0 amide bonds. The van der Waals surface area contributed by atoms with Gasteiger partial charge in [0.2, 0.25) is 0 Å². The zero-order chi connectivity index (χ0) is 49.9. The number of aromatic nitrogens is 4. The number of ether oxygens (including phenoxy) is 1. The Kier molecular flexibility index (Phi) is 10.6. The Labute approximate surface area is 455 Å². The summed E-state index contributed by atoms with van der Waals surface area (Å²) in [5.41, 5.74) is 23.6. The van der Waals surface area contributed by atoms with Crippen LogP contribution in [0.3, 0.4) is 0 Å². The first-order valence-electron chi connectivity index (χ1n) is 25.6. The van der Waals surface area contributed by atoms with E-state index in [0.29, 0.717) is 11.5 Å². The Morgan fingerprint density at radius 3 is 1.57 bits per heavy atom. The molecule has 1 aliphatic heterocycles. The summed E-state index contributed by atoms with van der Waals surface area (Å²) in [6, 6.07) is 86.1. The number of nitrogens with zero attached hydrogens (tertiary/aromatic N) is 4. The van der Waals surface area contributed by atoms with Crippen molar-refractivity contribution >= 4 is 32.8 Å². The number of rotatable bonds is 4. The molecule has 0 saturated heterocycles. The second kappa shape index (κ2) is 17.6. The molecule has 0 atom stereocenters. The molecule has 15 rings (SSSR count). The van der Waals surface area contributed by atoms with Crippen LogP contribution in [0, 0.1) is 18.5 Å². The minimum Gasteiger partial charge on any atom is -0.510 e. The van der Waals surface area contributed by atoms with Crippen LogP contribution in [0.15, 0.2) is 225 Å². The SMILES string of the molecule is CC(C)(C)c1ccnc(-n2c3[c-]c(Oc4[c-]c(-n5[c-][n+]6c7c(cccc75)-c5cc7c(cc5-c5ccccc5-c5ccccc5-6)-c5ccccc5-c5ccccc5-c5ccccc5-7)ccc4)ccc3c3ccccc32)c1.[Pt]. The third-order valence-corrected chi connectivity index (χ3v) is 15.3. The first-order chi connectivity index (χ1) is 36.8. The number of hydrogen-bond donors (Lipinski definition) is 0.